The minimum Gasteiger partial charge on any atom is -0.419 e. The predicted molar refractivity (Wildman–Crippen MR) is 85.1 cm³/mol. The molecule has 0 spiro atoms. The molecule has 1 aliphatic heterocycles. The molecule has 0 bridgehead atoms. The number of piperidine rings is 1. The third-order valence-corrected chi connectivity index (χ3v) is 5.18. The van der Waals surface area contributed by atoms with E-state index >= 15 is 0 Å². The van der Waals surface area contributed by atoms with E-state index in [0.29, 0.717) is 5.89 Å². The third-order valence-electron chi connectivity index (χ3n) is 5.18. The van der Waals surface area contributed by atoms with Crippen molar-refractivity contribution < 1.29 is 4.42 Å². The fraction of sp³-hybridized carbons (Fsp3) is 0.556. The van der Waals surface area contributed by atoms with Crippen molar-refractivity contribution in [3.63, 3.8) is 0 Å². The topological polar surface area (TPSA) is 42.2 Å². The lowest BCUT2D eigenvalue weighted by Gasteiger charge is -2.43. The van der Waals surface area contributed by atoms with Crippen LogP contribution in [0.4, 0.5) is 0 Å². The molecule has 22 heavy (non-hydrogen) atoms. The summed E-state index contributed by atoms with van der Waals surface area (Å²) in [6, 6.07) is 10.7. The van der Waals surface area contributed by atoms with Crippen molar-refractivity contribution >= 4 is 0 Å². The first kappa shape index (κ1) is 13.9. The molecule has 1 saturated heterocycles. The molecule has 4 nitrogen and oxygen atoms in total. The van der Waals surface area contributed by atoms with Crippen molar-refractivity contribution in [1.29, 1.82) is 0 Å². The lowest BCUT2D eigenvalue weighted by Crippen LogP contribution is -2.46. The number of hydrogen-bond acceptors (Lipinski definition) is 4. The molecule has 1 aliphatic carbocycles. The van der Waals surface area contributed by atoms with Gasteiger partial charge >= 0.3 is 0 Å². The number of rotatable bonds is 3. The Morgan fingerprint density at radius 3 is 2.73 bits per heavy atom. The van der Waals surface area contributed by atoms with Gasteiger partial charge in [-0.2, -0.15) is 0 Å². The third kappa shape index (κ3) is 2.80. The predicted octanol–water partition coefficient (Wildman–Crippen LogP) is 3.89. The van der Waals surface area contributed by atoms with Crippen molar-refractivity contribution in [2.24, 2.45) is 5.92 Å². The van der Waals surface area contributed by atoms with E-state index in [-0.39, 0.29) is 0 Å². The fourth-order valence-electron chi connectivity index (χ4n) is 4.11. The van der Waals surface area contributed by atoms with E-state index in [4.69, 9.17) is 4.42 Å². The number of benzene rings is 1. The molecule has 2 fully saturated rings. The zero-order chi connectivity index (χ0) is 14.8. The summed E-state index contributed by atoms with van der Waals surface area (Å²) in [4.78, 5) is 2.58. The first-order valence-electron chi connectivity index (χ1n) is 8.52. The van der Waals surface area contributed by atoms with Crippen LogP contribution in [0, 0.1) is 5.92 Å². The van der Waals surface area contributed by atoms with Gasteiger partial charge in [-0.15, -0.1) is 10.2 Å². The summed E-state index contributed by atoms with van der Waals surface area (Å²) < 4.78 is 5.89. The summed E-state index contributed by atoms with van der Waals surface area (Å²) >= 11 is 0. The van der Waals surface area contributed by atoms with E-state index in [1.54, 1.807) is 0 Å². The van der Waals surface area contributed by atoms with E-state index in [9.17, 15) is 0 Å². The van der Waals surface area contributed by atoms with Gasteiger partial charge in [-0.1, -0.05) is 31.0 Å². The SMILES string of the molecule is c1ccc(-c2nnc(CN3CCCC4CCCCC43)o2)cc1. The van der Waals surface area contributed by atoms with E-state index in [0.717, 1.165) is 30.0 Å². The van der Waals surface area contributed by atoms with Crippen molar-refractivity contribution in [3.05, 3.63) is 36.2 Å². The second-order valence-corrected chi connectivity index (χ2v) is 6.59. The average Bonchev–Trinajstić information content (AvgIpc) is 3.05. The zero-order valence-corrected chi connectivity index (χ0v) is 12.9. The van der Waals surface area contributed by atoms with Gasteiger partial charge in [0.2, 0.25) is 11.8 Å². The Morgan fingerprint density at radius 2 is 1.82 bits per heavy atom. The molecule has 2 aliphatic rings. The van der Waals surface area contributed by atoms with Crippen molar-refractivity contribution in [3.8, 4) is 11.5 Å². The monoisotopic (exact) mass is 297 g/mol. The van der Waals surface area contributed by atoms with Crippen LogP contribution in [-0.2, 0) is 6.54 Å². The Hall–Kier alpha value is -1.68. The van der Waals surface area contributed by atoms with Crippen LogP contribution in [0.5, 0.6) is 0 Å². The Labute approximate surface area is 131 Å². The van der Waals surface area contributed by atoms with Crippen LogP contribution >= 0.6 is 0 Å². The molecule has 4 rings (SSSR count). The van der Waals surface area contributed by atoms with Gasteiger partial charge in [0, 0.05) is 11.6 Å². The largest absolute Gasteiger partial charge is 0.419 e. The minimum absolute atomic E-state index is 0.632. The number of nitrogens with zero attached hydrogens (tertiary/aromatic N) is 3. The van der Waals surface area contributed by atoms with Crippen LogP contribution in [0.1, 0.15) is 44.4 Å². The maximum Gasteiger partial charge on any atom is 0.247 e. The first-order valence-corrected chi connectivity index (χ1v) is 8.52. The molecule has 1 saturated carbocycles. The van der Waals surface area contributed by atoms with Crippen LogP contribution in [-0.4, -0.2) is 27.7 Å². The summed E-state index contributed by atoms with van der Waals surface area (Å²) in [5.74, 6) is 2.27. The Bertz CT molecular complexity index is 608. The highest BCUT2D eigenvalue weighted by molar-refractivity contribution is 5.51. The number of fused-ring (bicyclic) bond motifs is 1. The molecule has 0 radical (unpaired) electrons. The molecule has 116 valence electrons. The number of aromatic nitrogens is 2. The Kier molecular flexibility index (Phi) is 3.94. The van der Waals surface area contributed by atoms with E-state index in [1.165, 1.54) is 45.1 Å². The Balaban J connectivity index is 1.48. The Morgan fingerprint density at radius 1 is 1.00 bits per heavy atom. The lowest BCUT2D eigenvalue weighted by atomic mass is 9.78. The van der Waals surface area contributed by atoms with Gasteiger partial charge in [0.1, 0.15) is 0 Å². The highest BCUT2D eigenvalue weighted by Crippen LogP contribution is 2.35. The van der Waals surface area contributed by atoms with Crippen LogP contribution in [0.15, 0.2) is 34.7 Å². The molecule has 2 aromatic rings. The summed E-state index contributed by atoms with van der Waals surface area (Å²) in [5.41, 5.74) is 0.996. The first-order chi connectivity index (χ1) is 10.9. The van der Waals surface area contributed by atoms with Gasteiger partial charge in [-0.05, 0) is 50.3 Å². The maximum atomic E-state index is 5.89. The molecule has 2 unspecified atom stereocenters. The lowest BCUT2D eigenvalue weighted by molar-refractivity contribution is 0.0483. The molecule has 4 heteroatoms. The van der Waals surface area contributed by atoms with E-state index in [2.05, 4.69) is 15.1 Å². The van der Waals surface area contributed by atoms with Crippen molar-refractivity contribution in [2.45, 2.75) is 51.1 Å². The van der Waals surface area contributed by atoms with Gasteiger partial charge < -0.3 is 4.42 Å². The molecule has 0 N–H and O–H groups in total. The molecular formula is C18H23N3O. The van der Waals surface area contributed by atoms with Gasteiger partial charge in [-0.25, -0.2) is 0 Å². The van der Waals surface area contributed by atoms with Crippen LogP contribution < -0.4 is 0 Å². The summed E-state index contributed by atoms with van der Waals surface area (Å²) in [6.45, 7) is 1.98. The number of hydrogen-bond donors (Lipinski definition) is 0. The van der Waals surface area contributed by atoms with Crippen LogP contribution in [0.25, 0.3) is 11.5 Å². The molecule has 2 heterocycles. The van der Waals surface area contributed by atoms with E-state index in [1.807, 2.05) is 30.3 Å². The smallest absolute Gasteiger partial charge is 0.247 e. The van der Waals surface area contributed by atoms with Crippen LogP contribution in [0.2, 0.25) is 0 Å². The van der Waals surface area contributed by atoms with Gasteiger partial charge in [0.05, 0.1) is 6.54 Å². The quantitative estimate of drug-likeness (QED) is 0.862. The molecular weight excluding hydrogens is 274 g/mol. The fourth-order valence-corrected chi connectivity index (χ4v) is 4.11. The molecule has 0 amide bonds. The van der Waals surface area contributed by atoms with Crippen LogP contribution in [0.3, 0.4) is 0 Å². The highest BCUT2D eigenvalue weighted by atomic mass is 16.4. The van der Waals surface area contributed by atoms with Gasteiger partial charge in [0.25, 0.3) is 0 Å². The van der Waals surface area contributed by atoms with E-state index < -0.39 is 0 Å². The summed E-state index contributed by atoms with van der Waals surface area (Å²) in [5, 5.41) is 8.48. The standard InChI is InChI=1S/C18H23N3O/c1-2-8-15(9-3-1)18-20-19-17(22-18)13-21-12-6-10-14-7-4-5-11-16(14)21/h1-3,8-9,14,16H,4-7,10-13H2. The summed E-state index contributed by atoms with van der Waals surface area (Å²) in [6.07, 6.45) is 8.23. The van der Waals surface area contributed by atoms with Gasteiger partial charge in [-0.3, -0.25) is 4.90 Å². The maximum absolute atomic E-state index is 5.89. The zero-order valence-electron chi connectivity index (χ0n) is 12.9. The highest BCUT2D eigenvalue weighted by Gasteiger charge is 2.33. The second kappa shape index (κ2) is 6.21. The normalized spacial score (nSPS) is 25.8. The van der Waals surface area contributed by atoms with Gasteiger partial charge in [0.15, 0.2) is 0 Å². The second-order valence-electron chi connectivity index (χ2n) is 6.59. The summed E-state index contributed by atoms with van der Waals surface area (Å²) in [7, 11) is 0. The number of likely N-dealkylation sites (tertiary alicyclic amines) is 1. The van der Waals surface area contributed by atoms with Crippen molar-refractivity contribution in [1.82, 2.24) is 15.1 Å². The molecule has 1 aromatic carbocycles. The molecule has 1 aromatic heterocycles. The minimum atomic E-state index is 0.632. The van der Waals surface area contributed by atoms with Crippen molar-refractivity contribution in [2.75, 3.05) is 6.54 Å². The molecule has 2 atom stereocenters. The average molecular weight is 297 g/mol.